The van der Waals surface area contributed by atoms with Crippen LogP contribution in [0.15, 0.2) is 24.7 Å². The van der Waals surface area contributed by atoms with E-state index in [0.29, 0.717) is 30.3 Å². The van der Waals surface area contributed by atoms with Crippen LogP contribution in [0.4, 0.5) is 34.5 Å². The summed E-state index contributed by atoms with van der Waals surface area (Å²) in [6.07, 6.45) is -0.250. The maximum Gasteiger partial charge on any atom is 0.417 e. The Bertz CT molecular complexity index is 1250. The number of carbonyl (C=O) groups excluding carboxylic acids is 2. The van der Waals surface area contributed by atoms with Crippen LogP contribution in [0, 0.1) is 0 Å². The molecule has 1 aliphatic rings. The lowest BCUT2D eigenvalue weighted by atomic mass is 10.1. The standard InChI is InChI=1S/C21H23F3N8O2S/c1-11(2)26-18(33)17-15(9-31(3)30-17)27-19(34)29-20-28-14-4-5-32(10-16(14)35-20)13-6-12(7-25-8-13)21(22,23)24/h6-9,11H,4-5,10H2,1-3H3,(H,26,33)(H2,27,28,29,34). The van der Waals surface area contributed by atoms with Crippen molar-refractivity contribution in [2.24, 2.45) is 7.05 Å². The normalized spacial score (nSPS) is 13.5. The first-order valence-electron chi connectivity index (χ1n) is 10.7. The highest BCUT2D eigenvalue weighted by Crippen LogP contribution is 2.34. The van der Waals surface area contributed by atoms with Crippen LogP contribution in [-0.4, -0.2) is 44.3 Å². The van der Waals surface area contributed by atoms with E-state index in [4.69, 9.17) is 0 Å². The van der Waals surface area contributed by atoms with Crippen molar-refractivity contribution in [3.8, 4) is 0 Å². The van der Waals surface area contributed by atoms with E-state index in [1.807, 2.05) is 13.8 Å². The number of hydrogen-bond acceptors (Lipinski definition) is 7. The number of urea groups is 1. The number of pyridine rings is 1. The van der Waals surface area contributed by atoms with Gasteiger partial charge >= 0.3 is 12.2 Å². The number of amides is 3. The van der Waals surface area contributed by atoms with Gasteiger partial charge in [0.25, 0.3) is 5.91 Å². The Morgan fingerprint density at radius 3 is 2.69 bits per heavy atom. The fourth-order valence-electron chi connectivity index (χ4n) is 3.55. The van der Waals surface area contributed by atoms with Crippen LogP contribution in [0.25, 0.3) is 0 Å². The average molecular weight is 509 g/mol. The minimum Gasteiger partial charge on any atom is -0.365 e. The number of hydrogen-bond donors (Lipinski definition) is 3. The van der Waals surface area contributed by atoms with Crippen LogP contribution < -0.4 is 20.9 Å². The number of carbonyl (C=O) groups is 2. The highest BCUT2D eigenvalue weighted by molar-refractivity contribution is 7.15. The molecule has 3 aromatic rings. The maximum absolute atomic E-state index is 13.0. The average Bonchev–Trinajstić information content (AvgIpc) is 3.34. The molecule has 0 radical (unpaired) electrons. The molecule has 35 heavy (non-hydrogen) atoms. The second kappa shape index (κ2) is 9.52. The van der Waals surface area contributed by atoms with Crippen molar-refractivity contribution in [1.29, 1.82) is 0 Å². The molecule has 0 aliphatic carbocycles. The third-order valence-electron chi connectivity index (χ3n) is 5.08. The van der Waals surface area contributed by atoms with Gasteiger partial charge in [0.05, 0.1) is 35.4 Å². The summed E-state index contributed by atoms with van der Waals surface area (Å²) in [4.78, 5) is 35.7. The second-order valence-corrected chi connectivity index (χ2v) is 9.35. The SMILES string of the molecule is CC(C)NC(=O)c1nn(C)cc1NC(=O)Nc1nc2c(s1)CN(c1cncc(C(F)(F)F)c1)CC2. The number of thiazole rings is 1. The molecule has 1 aliphatic heterocycles. The molecule has 0 saturated heterocycles. The van der Waals surface area contributed by atoms with Crippen molar-refractivity contribution in [2.75, 3.05) is 22.1 Å². The molecular weight excluding hydrogens is 485 g/mol. The molecule has 3 N–H and O–H groups in total. The third kappa shape index (κ3) is 5.70. The van der Waals surface area contributed by atoms with E-state index in [-0.39, 0.29) is 17.4 Å². The second-order valence-electron chi connectivity index (χ2n) is 8.26. The first-order valence-corrected chi connectivity index (χ1v) is 11.5. The Labute approximate surface area is 202 Å². The van der Waals surface area contributed by atoms with Crippen LogP contribution in [-0.2, 0) is 26.2 Å². The van der Waals surface area contributed by atoms with Gasteiger partial charge in [0.15, 0.2) is 10.8 Å². The molecule has 4 rings (SSSR count). The van der Waals surface area contributed by atoms with E-state index in [9.17, 15) is 22.8 Å². The molecule has 0 atom stereocenters. The number of aromatic nitrogens is 4. The number of fused-ring (bicyclic) bond motifs is 1. The molecule has 14 heteroatoms. The molecule has 3 aromatic heterocycles. The molecular formula is C21H23F3N8O2S. The lowest BCUT2D eigenvalue weighted by molar-refractivity contribution is -0.137. The minimum absolute atomic E-state index is 0.0834. The summed E-state index contributed by atoms with van der Waals surface area (Å²) in [5.41, 5.74) is 0.670. The highest BCUT2D eigenvalue weighted by atomic mass is 32.1. The van der Waals surface area contributed by atoms with Crippen LogP contribution >= 0.6 is 11.3 Å². The predicted octanol–water partition coefficient (Wildman–Crippen LogP) is 3.64. The van der Waals surface area contributed by atoms with Gasteiger partial charge in [-0.3, -0.25) is 19.8 Å². The van der Waals surface area contributed by atoms with Crippen molar-refractivity contribution in [1.82, 2.24) is 25.1 Å². The number of rotatable bonds is 5. The third-order valence-corrected chi connectivity index (χ3v) is 6.08. The van der Waals surface area contributed by atoms with Crippen LogP contribution in [0.2, 0.25) is 0 Å². The number of anilines is 3. The summed E-state index contributed by atoms with van der Waals surface area (Å²) >= 11 is 1.24. The van der Waals surface area contributed by atoms with Gasteiger partial charge in [-0.25, -0.2) is 9.78 Å². The monoisotopic (exact) mass is 508 g/mol. The van der Waals surface area contributed by atoms with E-state index in [0.717, 1.165) is 22.8 Å². The number of halogens is 3. The zero-order valence-corrected chi connectivity index (χ0v) is 19.9. The van der Waals surface area contributed by atoms with Gasteiger partial charge < -0.3 is 15.5 Å². The van der Waals surface area contributed by atoms with Gasteiger partial charge in [-0.1, -0.05) is 11.3 Å². The zero-order chi connectivity index (χ0) is 25.3. The van der Waals surface area contributed by atoms with E-state index in [1.165, 1.54) is 28.4 Å². The van der Waals surface area contributed by atoms with Gasteiger partial charge in [-0.15, -0.1) is 0 Å². The highest BCUT2D eigenvalue weighted by Gasteiger charge is 2.32. The lowest BCUT2D eigenvalue weighted by Crippen LogP contribution is -2.31. The van der Waals surface area contributed by atoms with Gasteiger partial charge in [0, 0.05) is 43.3 Å². The Hall–Kier alpha value is -3.68. The first kappa shape index (κ1) is 24.4. The van der Waals surface area contributed by atoms with Crippen LogP contribution in [0.5, 0.6) is 0 Å². The van der Waals surface area contributed by atoms with Crippen molar-refractivity contribution in [2.45, 2.75) is 39.0 Å². The molecule has 3 amide bonds. The Morgan fingerprint density at radius 1 is 1.20 bits per heavy atom. The molecule has 0 saturated carbocycles. The van der Waals surface area contributed by atoms with Crippen molar-refractivity contribution >= 4 is 39.8 Å². The van der Waals surface area contributed by atoms with E-state index in [1.54, 1.807) is 11.9 Å². The lowest BCUT2D eigenvalue weighted by Gasteiger charge is -2.28. The summed E-state index contributed by atoms with van der Waals surface area (Å²) in [5.74, 6) is -0.412. The number of nitrogens with one attached hydrogen (secondary N) is 3. The Balaban J connectivity index is 1.43. The fraction of sp³-hybridized carbons (Fsp3) is 0.381. The zero-order valence-electron chi connectivity index (χ0n) is 19.1. The first-order chi connectivity index (χ1) is 16.5. The number of alkyl halides is 3. The molecule has 4 heterocycles. The fourth-order valence-corrected chi connectivity index (χ4v) is 4.57. The van der Waals surface area contributed by atoms with Crippen LogP contribution in [0.1, 0.15) is 40.5 Å². The number of aryl methyl sites for hydroxylation is 1. The Kier molecular flexibility index (Phi) is 6.65. The Morgan fingerprint density at radius 2 is 1.97 bits per heavy atom. The summed E-state index contributed by atoms with van der Waals surface area (Å²) < 4.78 is 40.5. The summed E-state index contributed by atoms with van der Waals surface area (Å²) in [6.45, 7) is 4.45. The van der Waals surface area contributed by atoms with E-state index in [2.05, 4.69) is 31.0 Å². The van der Waals surface area contributed by atoms with Crippen molar-refractivity contribution < 1.29 is 22.8 Å². The summed E-state index contributed by atoms with van der Waals surface area (Å²) in [5, 5.41) is 12.4. The summed E-state index contributed by atoms with van der Waals surface area (Å²) in [6, 6.07) is 0.382. The maximum atomic E-state index is 13.0. The smallest absolute Gasteiger partial charge is 0.365 e. The molecule has 10 nitrogen and oxygen atoms in total. The molecule has 0 bridgehead atoms. The molecule has 0 spiro atoms. The van der Waals surface area contributed by atoms with Crippen molar-refractivity contribution in [3.05, 3.63) is 46.5 Å². The predicted molar refractivity (Wildman–Crippen MR) is 125 cm³/mol. The molecule has 0 unspecified atom stereocenters. The minimum atomic E-state index is -4.47. The molecule has 186 valence electrons. The van der Waals surface area contributed by atoms with E-state index >= 15 is 0 Å². The van der Waals surface area contributed by atoms with Gasteiger partial charge in [0.1, 0.15) is 0 Å². The molecule has 0 fully saturated rings. The quantitative estimate of drug-likeness (QED) is 0.485. The van der Waals surface area contributed by atoms with Gasteiger partial charge in [-0.05, 0) is 19.9 Å². The largest absolute Gasteiger partial charge is 0.417 e. The topological polar surface area (TPSA) is 117 Å². The number of nitrogens with zero attached hydrogens (tertiary/aromatic N) is 5. The van der Waals surface area contributed by atoms with E-state index < -0.39 is 23.7 Å². The van der Waals surface area contributed by atoms with Gasteiger partial charge in [-0.2, -0.15) is 18.3 Å². The van der Waals surface area contributed by atoms with Gasteiger partial charge in [0.2, 0.25) is 0 Å². The molecule has 0 aromatic carbocycles. The van der Waals surface area contributed by atoms with Crippen LogP contribution in [0.3, 0.4) is 0 Å². The van der Waals surface area contributed by atoms with Crippen molar-refractivity contribution in [3.63, 3.8) is 0 Å². The summed E-state index contributed by atoms with van der Waals surface area (Å²) in [7, 11) is 1.63.